The van der Waals surface area contributed by atoms with Crippen LogP contribution in [0.25, 0.3) is 0 Å². The van der Waals surface area contributed by atoms with Crippen LogP contribution in [-0.4, -0.2) is 20.9 Å². The van der Waals surface area contributed by atoms with Gasteiger partial charge in [0.25, 0.3) is 0 Å². The molecule has 3 rings (SSSR count). The van der Waals surface area contributed by atoms with E-state index in [1.165, 1.54) is 0 Å². The highest BCUT2D eigenvalue weighted by Crippen LogP contribution is 2.38. The molecule has 17 heavy (non-hydrogen) atoms. The van der Waals surface area contributed by atoms with E-state index in [2.05, 4.69) is 0 Å². The van der Waals surface area contributed by atoms with Gasteiger partial charge < -0.3 is 4.90 Å². The summed E-state index contributed by atoms with van der Waals surface area (Å²) >= 11 is 0. The molecule has 0 fully saturated rings. The van der Waals surface area contributed by atoms with E-state index in [0.717, 1.165) is 16.8 Å². The third-order valence-electron chi connectivity index (χ3n) is 3.35. The van der Waals surface area contributed by atoms with E-state index in [-0.39, 0.29) is 10.8 Å². The van der Waals surface area contributed by atoms with Gasteiger partial charge in [-0.1, -0.05) is 0 Å². The van der Waals surface area contributed by atoms with Crippen molar-refractivity contribution in [3.05, 3.63) is 23.3 Å². The van der Waals surface area contributed by atoms with E-state index in [1.54, 1.807) is 17.0 Å². The summed E-state index contributed by atoms with van der Waals surface area (Å²) in [6.07, 6.45) is 1.75. The molecule has 0 radical (unpaired) electrons. The topological polar surface area (TPSA) is 80.5 Å². The molecule has 0 aromatic heterocycles. The van der Waals surface area contributed by atoms with Gasteiger partial charge in [0.2, 0.25) is 15.9 Å². The summed E-state index contributed by atoms with van der Waals surface area (Å²) in [4.78, 5) is 13.6. The normalized spacial score (nSPS) is 18.4. The van der Waals surface area contributed by atoms with Crippen molar-refractivity contribution in [1.82, 2.24) is 0 Å². The van der Waals surface area contributed by atoms with Crippen molar-refractivity contribution in [2.24, 2.45) is 5.14 Å². The highest BCUT2D eigenvalue weighted by atomic mass is 32.2. The van der Waals surface area contributed by atoms with Gasteiger partial charge >= 0.3 is 0 Å². The molecular formula is C11H12N2O3S. The summed E-state index contributed by atoms with van der Waals surface area (Å²) < 4.78 is 22.7. The van der Waals surface area contributed by atoms with Crippen LogP contribution < -0.4 is 10.0 Å². The lowest BCUT2D eigenvalue weighted by atomic mass is 10.00. The molecule has 2 aliphatic rings. The third-order valence-corrected chi connectivity index (χ3v) is 4.25. The lowest BCUT2D eigenvalue weighted by molar-refractivity contribution is -0.118. The van der Waals surface area contributed by atoms with Gasteiger partial charge in [-0.25, -0.2) is 13.6 Å². The minimum atomic E-state index is -3.67. The first-order chi connectivity index (χ1) is 7.97. The number of nitrogens with zero attached hydrogens (tertiary/aromatic N) is 1. The average Bonchev–Trinajstić information content (AvgIpc) is 2.67. The van der Waals surface area contributed by atoms with E-state index < -0.39 is 10.0 Å². The Hall–Kier alpha value is -1.40. The molecule has 1 aromatic carbocycles. The first-order valence-electron chi connectivity index (χ1n) is 5.46. The second-order valence-electron chi connectivity index (χ2n) is 4.43. The summed E-state index contributed by atoms with van der Waals surface area (Å²) in [5, 5.41) is 5.15. The van der Waals surface area contributed by atoms with Crippen molar-refractivity contribution in [1.29, 1.82) is 0 Å². The second-order valence-corrected chi connectivity index (χ2v) is 5.99. The molecule has 5 nitrogen and oxygen atoms in total. The molecule has 6 heteroatoms. The van der Waals surface area contributed by atoms with Crippen LogP contribution in [0.1, 0.15) is 17.5 Å². The highest BCUT2D eigenvalue weighted by Gasteiger charge is 2.32. The van der Waals surface area contributed by atoms with E-state index in [4.69, 9.17) is 5.14 Å². The predicted octanol–water partition coefficient (Wildman–Crippen LogP) is 0.169. The van der Waals surface area contributed by atoms with Gasteiger partial charge in [-0.05, 0) is 36.1 Å². The monoisotopic (exact) mass is 252 g/mol. The van der Waals surface area contributed by atoms with Gasteiger partial charge in [0, 0.05) is 13.0 Å². The maximum atomic E-state index is 11.7. The molecule has 2 heterocycles. The molecule has 0 aliphatic carbocycles. The van der Waals surface area contributed by atoms with Gasteiger partial charge in [0.05, 0.1) is 10.6 Å². The van der Waals surface area contributed by atoms with E-state index >= 15 is 0 Å². The molecule has 90 valence electrons. The number of sulfonamides is 1. The van der Waals surface area contributed by atoms with E-state index in [9.17, 15) is 13.2 Å². The standard InChI is InChI=1S/C11H12N2O3S/c12-17(15,16)9-5-7-1-2-10(14)13-4-3-8(6-9)11(7)13/h5-6H,1-4H2,(H2,12,15,16). The zero-order valence-electron chi connectivity index (χ0n) is 9.14. The number of hydrogen-bond donors (Lipinski definition) is 1. The third kappa shape index (κ3) is 1.56. The number of hydrogen-bond acceptors (Lipinski definition) is 3. The number of carbonyl (C=O) groups is 1. The fourth-order valence-electron chi connectivity index (χ4n) is 2.59. The van der Waals surface area contributed by atoms with Gasteiger partial charge in [-0.15, -0.1) is 0 Å². The van der Waals surface area contributed by atoms with Crippen LogP contribution in [0.4, 0.5) is 5.69 Å². The number of amides is 1. The van der Waals surface area contributed by atoms with Crippen LogP contribution in [0.15, 0.2) is 17.0 Å². The van der Waals surface area contributed by atoms with Gasteiger partial charge in [-0.2, -0.15) is 0 Å². The maximum absolute atomic E-state index is 11.7. The predicted molar refractivity (Wildman–Crippen MR) is 62.2 cm³/mol. The highest BCUT2D eigenvalue weighted by molar-refractivity contribution is 7.89. The minimum Gasteiger partial charge on any atom is -0.312 e. The van der Waals surface area contributed by atoms with Crippen LogP contribution in [0.2, 0.25) is 0 Å². The number of anilines is 1. The minimum absolute atomic E-state index is 0.125. The fraction of sp³-hybridized carbons (Fsp3) is 0.364. The van der Waals surface area contributed by atoms with Crippen molar-refractivity contribution in [2.75, 3.05) is 11.4 Å². The number of aryl methyl sites for hydroxylation is 1. The summed E-state index contributed by atoms with van der Waals surface area (Å²) in [6, 6.07) is 3.19. The molecule has 0 unspecified atom stereocenters. The SMILES string of the molecule is NS(=O)(=O)c1cc2c3c(c1)CCN3C(=O)CC2. The number of rotatable bonds is 1. The molecule has 0 saturated heterocycles. The molecule has 1 amide bonds. The first-order valence-corrected chi connectivity index (χ1v) is 7.00. The van der Waals surface area contributed by atoms with Gasteiger partial charge in [-0.3, -0.25) is 4.79 Å². The first kappa shape index (κ1) is 10.7. The lowest BCUT2D eigenvalue weighted by Gasteiger charge is -2.25. The van der Waals surface area contributed by atoms with Crippen molar-refractivity contribution < 1.29 is 13.2 Å². The molecule has 2 aliphatic heterocycles. The molecule has 0 spiro atoms. The van der Waals surface area contributed by atoms with Crippen LogP contribution in [-0.2, 0) is 27.7 Å². The zero-order chi connectivity index (χ0) is 12.2. The van der Waals surface area contributed by atoms with Crippen LogP contribution in [0, 0.1) is 0 Å². The van der Waals surface area contributed by atoms with Crippen LogP contribution in [0.3, 0.4) is 0 Å². The Labute approximate surface area is 99.3 Å². The Kier molecular flexibility index (Phi) is 2.08. The molecule has 1 aromatic rings. The Bertz CT molecular complexity index is 622. The van der Waals surface area contributed by atoms with Crippen molar-refractivity contribution >= 4 is 21.6 Å². The smallest absolute Gasteiger partial charge is 0.238 e. The summed E-state index contributed by atoms with van der Waals surface area (Å²) in [5.41, 5.74) is 2.75. The number of benzene rings is 1. The summed E-state index contributed by atoms with van der Waals surface area (Å²) in [5.74, 6) is 0.125. The van der Waals surface area contributed by atoms with Crippen molar-refractivity contribution in [2.45, 2.75) is 24.2 Å². The fourth-order valence-corrected chi connectivity index (χ4v) is 3.20. The average molecular weight is 252 g/mol. The summed E-state index contributed by atoms with van der Waals surface area (Å²) in [7, 11) is -3.67. The maximum Gasteiger partial charge on any atom is 0.238 e. The van der Waals surface area contributed by atoms with Crippen LogP contribution >= 0.6 is 0 Å². The molecular weight excluding hydrogens is 240 g/mol. The zero-order valence-corrected chi connectivity index (χ0v) is 9.96. The quantitative estimate of drug-likeness (QED) is 0.773. The molecule has 0 atom stereocenters. The number of primary sulfonamides is 1. The Morgan fingerprint density at radius 1 is 1.12 bits per heavy atom. The Morgan fingerprint density at radius 2 is 1.76 bits per heavy atom. The van der Waals surface area contributed by atoms with Gasteiger partial charge in [0.15, 0.2) is 0 Å². The lowest BCUT2D eigenvalue weighted by Crippen LogP contribution is -2.33. The van der Waals surface area contributed by atoms with Crippen molar-refractivity contribution in [3.8, 4) is 0 Å². The molecule has 0 saturated carbocycles. The summed E-state index contributed by atoms with van der Waals surface area (Å²) in [6.45, 7) is 0.648. The van der Waals surface area contributed by atoms with Gasteiger partial charge in [0.1, 0.15) is 0 Å². The second kappa shape index (κ2) is 3.30. The van der Waals surface area contributed by atoms with Crippen molar-refractivity contribution in [3.63, 3.8) is 0 Å². The molecule has 0 bridgehead atoms. The Morgan fingerprint density at radius 3 is 2.41 bits per heavy atom. The van der Waals surface area contributed by atoms with Crippen LogP contribution in [0.5, 0.6) is 0 Å². The van der Waals surface area contributed by atoms with E-state index in [0.29, 0.717) is 25.8 Å². The largest absolute Gasteiger partial charge is 0.312 e. The Balaban J connectivity index is 2.24. The number of carbonyl (C=O) groups excluding carboxylic acids is 1. The van der Waals surface area contributed by atoms with E-state index in [1.807, 2.05) is 0 Å². The number of nitrogens with two attached hydrogens (primary N) is 1. The molecule has 2 N–H and O–H groups in total.